The first-order valence-corrected chi connectivity index (χ1v) is 11.9. The van der Waals surface area contributed by atoms with Crippen LogP contribution in [-0.4, -0.2) is 13.2 Å². The summed E-state index contributed by atoms with van der Waals surface area (Å²) >= 11 is 0. The molecule has 0 aliphatic heterocycles. The van der Waals surface area contributed by atoms with Crippen LogP contribution in [0.5, 0.6) is 11.5 Å². The lowest BCUT2D eigenvalue weighted by Gasteiger charge is -2.11. The molecule has 0 unspecified atom stereocenters. The Kier molecular flexibility index (Phi) is 8.85. The summed E-state index contributed by atoms with van der Waals surface area (Å²) in [7, 11) is 0. The minimum Gasteiger partial charge on any atom is -0.494 e. The third-order valence-corrected chi connectivity index (χ3v) is 5.37. The molecular weight excluding hydrogens is 420 g/mol. The molecule has 4 nitrogen and oxygen atoms in total. The van der Waals surface area contributed by atoms with Crippen LogP contribution in [-0.2, 0) is 0 Å². The van der Waals surface area contributed by atoms with Gasteiger partial charge in [0.1, 0.15) is 11.5 Å². The number of rotatable bonds is 13. The number of unbranched alkanes of at least 4 members (excludes halogenated alkanes) is 3. The number of hydrogen-bond donors (Lipinski definition) is 2. The Morgan fingerprint density at radius 2 is 0.824 bits per heavy atom. The highest BCUT2D eigenvalue weighted by Gasteiger charge is 2.00. The van der Waals surface area contributed by atoms with Crippen LogP contribution < -0.4 is 20.1 Å². The van der Waals surface area contributed by atoms with Crippen molar-refractivity contribution in [3.05, 3.63) is 109 Å². The smallest absolute Gasteiger partial charge is 0.121 e. The van der Waals surface area contributed by atoms with E-state index in [0.717, 1.165) is 73.1 Å². The van der Waals surface area contributed by atoms with Crippen molar-refractivity contribution in [1.82, 2.24) is 0 Å². The average Bonchev–Trinajstić information content (AvgIpc) is 2.87. The number of anilines is 4. The number of ether oxygens (including phenoxy) is 2. The van der Waals surface area contributed by atoms with Crippen LogP contribution in [0.3, 0.4) is 0 Å². The van der Waals surface area contributed by atoms with E-state index in [1.807, 2.05) is 84.9 Å². The zero-order valence-corrected chi connectivity index (χ0v) is 19.5. The van der Waals surface area contributed by atoms with Crippen molar-refractivity contribution in [3.63, 3.8) is 0 Å². The van der Waals surface area contributed by atoms with Crippen LogP contribution in [0.15, 0.2) is 109 Å². The second kappa shape index (κ2) is 12.9. The Balaban J connectivity index is 1.09. The van der Waals surface area contributed by atoms with Gasteiger partial charge in [-0.25, -0.2) is 0 Å². The van der Waals surface area contributed by atoms with Gasteiger partial charge >= 0.3 is 0 Å². The first-order chi connectivity index (χ1) is 16.8. The second-order valence-corrected chi connectivity index (χ2v) is 8.15. The third kappa shape index (κ3) is 7.89. The summed E-state index contributed by atoms with van der Waals surface area (Å²) in [5, 5.41) is 6.80. The number of benzene rings is 4. The molecule has 4 rings (SSSR count). The summed E-state index contributed by atoms with van der Waals surface area (Å²) < 4.78 is 11.9. The minimum atomic E-state index is 0.725. The van der Waals surface area contributed by atoms with E-state index in [0.29, 0.717) is 0 Å². The van der Waals surface area contributed by atoms with Gasteiger partial charge in [-0.05, 0) is 74.2 Å². The van der Waals surface area contributed by atoms with E-state index in [1.165, 1.54) is 0 Å². The summed E-state index contributed by atoms with van der Waals surface area (Å²) in [5.41, 5.74) is 4.20. The first-order valence-electron chi connectivity index (χ1n) is 11.9. The van der Waals surface area contributed by atoms with Gasteiger partial charge in [0.25, 0.3) is 0 Å². The van der Waals surface area contributed by atoms with Crippen LogP contribution in [0.1, 0.15) is 25.7 Å². The van der Waals surface area contributed by atoms with Gasteiger partial charge < -0.3 is 20.1 Å². The largest absolute Gasteiger partial charge is 0.494 e. The molecule has 4 aromatic carbocycles. The summed E-state index contributed by atoms with van der Waals surface area (Å²) in [4.78, 5) is 0. The lowest BCUT2D eigenvalue weighted by molar-refractivity contribution is 0.287. The molecule has 0 aromatic heterocycles. The Bertz CT molecular complexity index is 1030. The minimum absolute atomic E-state index is 0.725. The fraction of sp³-hybridized carbons (Fsp3) is 0.200. The summed E-state index contributed by atoms with van der Waals surface area (Å²) in [6.45, 7) is 1.45. The summed E-state index contributed by atoms with van der Waals surface area (Å²) in [5.74, 6) is 1.79. The molecule has 0 bridgehead atoms. The topological polar surface area (TPSA) is 42.5 Å². The van der Waals surface area contributed by atoms with Crippen molar-refractivity contribution in [2.45, 2.75) is 25.7 Å². The van der Waals surface area contributed by atoms with E-state index in [9.17, 15) is 0 Å². The molecule has 0 aliphatic rings. The second-order valence-electron chi connectivity index (χ2n) is 8.15. The van der Waals surface area contributed by atoms with E-state index < -0.39 is 0 Å². The summed E-state index contributed by atoms with van der Waals surface area (Å²) in [6.07, 6.45) is 4.32. The van der Waals surface area contributed by atoms with Gasteiger partial charge in [0, 0.05) is 34.9 Å². The fourth-order valence-corrected chi connectivity index (χ4v) is 3.64. The van der Waals surface area contributed by atoms with Gasteiger partial charge in [-0.2, -0.15) is 0 Å². The molecule has 0 saturated carbocycles. The molecule has 0 amide bonds. The molecule has 4 aromatic rings. The predicted octanol–water partition coefficient (Wildman–Crippen LogP) is 8.19. The SMILES string of the molecule is c1ccc(Nc2cccc(OCCCCCCOc3cccc(Nc4ccccc4)c3)c2)cc1. The fourth-order valence-electron chi connectivity index (χ4n) is 3.64. The maximum atomic E-state index is 5.94. The van der Waals surface area contributed by atoms with Gasteiger partial charge in [-0.15, -0.1) is 0 Å². The molecule has 0 atom stereocenters. The molecule has 34 heavy (non-hydrogen) atoms. The lowest BCUT2D eigenvalue weighted by atomic mass is 10.2. The predicted molar refractivity (Wildman–Crippen MR) is 142 cm³/mol. The van der Waals surface area contributed by atoms with Gasteiger partial charge in [0.05, 0.1) is 13.2 Å². The van der Waals surface area contributed by atoms with Crippen LogP contribution in [0.25, 0.3) is 0 Å². The molecule has 4 heteroatoms. The molecule has 0 fully saturated rings. The van der Waals surface area contributed by atoms with Crippen molar-refractivity contribution >= 4 is 22.7 Å². The van der Waals surface area contributed by atoms with E-state index in [-0.39, 0.29) is 0 Å². The van der Waals surface area contributed by atoms with Gasteiger partial charge in [-0.3, -0.25) is 0 Å². The van der Waals surface area contributed by atoms with Crippen LogP contribution in [0.4, 0.5) is 22.7 Å². The normalized spacial score (nSPS) is 10.5. The Morgan fingerprint density at radius 1 is 0.412 bits per heavy atom. The van der Waals surface area contributed by atoms with E-state index >= 15 is 0 Å². The number of nitrogens with one attached hydrogen (secondary N) is 2. The van der Waals surface area contributed by atoms with Gasteiger partial charge in [0.2, 0.25) is 0 Å². The quantitative estimate of drug-likeness (QED) is 0.201. The van der Waals surface area contributed by atoms with Gasteiger partial charge in [-0.1, -0.05) is 48.5 Å². The Morgan fingerprint density at radius 3 is 1.26 bits per heavy atom. The van der Waals surface area contributed by atoms with Gasteiger partial charge in [0.15, 0.2) is 0 Å². The lowest BCUT2D eigenvalue weighted by Crippen LogP contribution is -2.00. The molecule has 0 aliphatic carbocycles. The zero-order valence-electron chi connectivity index (χ0n) is 19.5. The highest BCUT2D eigenvalue weighted by Crippen LogP contribution is 2.23. The van der Waals surface area contributed by atoms with E-state index in [2.05, 4.69) is 34.9 Å². The third-order valence-electron chi connectivity index (χ3n) is 5.37. The highest BCUT2D eigenvalue weighted by atomic mass is 16.5. The number of para-hydroxylation sites is 2. The van der Waals surface area contributed by atoms with Crippen molar-refractivity contribution in [2.24, 2.45) is 0 Å². The molecule has 2 N–H and O–H groups in total. The van der Waals surface area contributed by atoms with Crippen molar-refractivity contribution in [2.75, 3.05) is 23.8 Å². The maximum Gasteiger partial charge on any atom is 0.121 e. The highest BCUT2D eigenvalue weighted by molar-refractivity contribution is 5.61. The molecule has 174 valence electrons. The van der Waals surface area contributed by atoms with E-state index in [4.69, 9.17) is 9.47 Å². The molecule has 0 spiro atoms. The van der Waals surface area contributed by atoms with Crippen molar-refractivity contribution in [1.29, 1.82) is 0 Å². The van der Waals surface area contributed by atoms with Crippen molar-refractivity contribution < 1.29 is 9.47 Å². The number of hydrogen-bond acceptors (Lipinski definition) is 4. The van der Waals surface area contributed by atoms with Crippen molar-refractivity contribution in [3.8, 4) is 11.5 Å². The molecule has 0 radical (unpaired) electrons. The first kappa shape index (κ1) is 23.2. The standard InChI is InChI=1S/C30H32N2O2/c1(9-21-33-29-19-11-17-27(23-29)31-25-13-5-3-6-14-25)2-10-22-34-30-20-12-18-28(24-30)32-26-15-7-4-8-16-26/h3-8,11-20,23-24,31-32H,1-2,9-10,21-22H2. The van der Waals surface area contributed by atoms with E-state index in [1.54, 1.807) is 0 Å². The van der Waals surface area contributed by atoms with Crippen LogP contribution in [0, 0.1) is 0 Å². The summed E-state index contributed by atoms with van der Waals surface area (Å²) in [6, 6.07) is 36.5. The Hall–Kier alpha value is -3.92. The zero-order chi connectivity index (χ0) is 23.3. The Labute approximate surface area is 202 Å². The van der Waals surface area contributed by atoms with Crippen LogP contribution >= 0.6 is 0 Å². The maximum absolute atomic E-state index is 5.94. The molecule has 0 saturated heterocycles. The molecule has 0 heterocycles. The molecular formula is C30H32N2O2. The average molecular weight is 453 g/mol. The monoisotopic (exact) mass is 452 g/mol. The van der Waals surface area contributed by atoms with Crippen LogP contribution in [0.2, 0.25) is 0 Å².